The fourth-order valence-electron chi connectivity index (χ4n) is 6.55. The Balaban J connectivity index is 2.90. The molecule has 0 radical (unpaired) electrons. The monoisotopic (exact) mass is 730 g/mol. The maximum absolute atomic E-state index is 15.4. The Kier molecular flexibility index (Phi) is 15.8. The second-order valence-corrected chi connectivity index (χ2v) is 29.2. The molecule has 0 saturated heterocycles. The van der Waals surface area contributed by atoms with Gasteiger partial charge in [-0.2, -0.15) is 5.26 Å². The standard InChI is InChI=1S/C40H70N2O4SSi2/c1-14-15-20-25-33(45-48(10,11)38(2,3)4)28-29-35-36(46-49(12,13)39(5,6)7)32-37(42(8)9)40(35,30-23-17-16-18-24-31-41)47(43,44)34-26-21-19-22-27-34/h17,19,21-23,26-29,33,35-37H,14-16,18,20,24-25,30,32H2,1-13H3/b23-17-,29-28+/t33-,35-,36+,37-,40-/m0/s1. The summed E-state index contributed by atoms with van der Waals surface area (Å²) in [4.78, 5) is 2.47. The number of benzene rings is 1. The lowest BCUT2D eigenvalue weighted by molar-refractivity contribution is 0.149. The van der Waals surface area contributed by atoms with Crippen molar-refractivity contribution in [2.45, 2.75) is 170 Å². The average molecular weight is 731 g/mol. The topological polar surface area (TPSA) is 79.6 Å². The molecule has 0 unspecified atom stereocenters. The van der Waals surface area contributed by atoms with Crippen LogP contribution in [-0.4, -0.2) is 67.0 Å². The molecule has 0 aromatic heterocycles. The van der Waals surface area contributed by atoms with Crippen LogP contribution in [0.1, 0.15) is 106 Å². The number of sulfone groups is 1. The largest absolute Gasteiger partial charge is 0.413 e. The molecular weight excluding hydrogens is 661 g/mol. The highest BCUT2D eigenvalue weighted by atomic mass is 32.2. The quantitative estimate of drug-likeness (QED) is 0.0850. The van der Waals surface area contributed by atoms with Gasteiger partial charge in [-0.15, -0.1) is 0 Å². The van der Waals surface area contributed by atoms with Crippen molar-refractivity contribution in [3.63, 3.8) is 0 Å². The highest BCUT2D eigenvalue weighted by molar-refractivity contribution is 7.93. The maximum Gasteiger partial charge on any atom is 0.192 e. The Morgan fingerprint density at radius 1 is 0.980 bits per heavy atom. The Labute approximate surface area is 303 Å². The van der Waals surface area contributed by atoms with Crippen LogP contribution in [0.3, 0.4) is 0 Å². The molecule has 5 atom stereocenters. The van der Waals surface area contributed by atoms with Crippen molar-refractivity contribution in [1.29, 1.82) is 5.26 Å². The molecule has 6 nitrogen and oxygen atoms in total. The minimum Gasteiger partial charge on any atom is -0.413 e. The summed E-state index contributed by atoms with van der Waals surface area (Å²) in [7, 11) is -4.27. The first kappa shape index (κ1) is 43.6. The van der Waals surface area contributed by atoms with E-state index in [0.717, 1.165) is 38.5 Å². The molecular formula is C40H70N2O4SSi2. The highest BCUT2D eigenvalue weighted by Crippen LogP contribution is 2.53. The zero-order valence-corrected chi connectivity index (χ0v) is 36.1. The van der Waals surface area contributed by atoms with Crippen LogP contribution in [0.15, 0.2) is 59.5 Å². The van der Waals surface area contributed by atoms with Crippen molar-refractivity contribution in [3.05, 3.63) is 54.6 Å². The Morgan fingerprint density at radius 3 is 2.12 bits per heavy atom. The fourth-order valence-corrected chi connectivity index (χ4v) is 11.7. The summed E-state index contributed by atoms with van der Waals surface area (Å²) in [6, 6.07) is 11.0. The van der Waals surface area contributed by atoms with Crippen LogP contribution in [-0.2, 0) is 18.7 Å². The normalized spacial score (nSPS) is 23.5. The molecule has 1 aromatic carbocycles. The van der Waals surface area contributed by atoms with E-state index >= 15 is 8.42 Å². The molecule has 1 aromatic rings. The molecule has 1 aliphatic carbocycles. The van der Waals surface area contributed by atoms with Crippen LogP contribution < -0.4 is 0 Å². The van der Waals surface area contributed by atoms with Gasteiger partial charge in [0.05, 0.1) is 23.2 Å². The van der Waals surface area contributed by atoms with E-state index < -0.39 is 37.1 Å². The van der Waals surface area contributed by atoms with Gasteiger partial charge >= 0.3 is 0 Å². The zero-order valence-electron chi connectivity index (χ0n) is 33.3. The summed E-state index contributed by atoms with van der Waals surface area (Å²) in [6.07, 6.45) is 15.4. The van der Waals surface area contributed by atoms with Gasteiger partial charge in [0.1, 0.15) is 4.75 Å². The van der Waals surface area contributed by atoms with E-state index in [0.29, 0.717) is 24.2 Å². The van der Waals surface area contributed by atoms with Crippen LogP contribution in [0.4, 0.5) is 0 Å². The lowest BCUT2D eigenvalue weighted by Gasteiger charge is -2.43. The average Bonchev–Trinajstić information content (AvgIpc) is 3.30. The molecule has 1 fully saturated rings. The van der Waals surface area contributed by atoms with E-state index in [1.165, 1.54) is 0 Å². The molecule has 0 spiro atoms. The molecule has 2 rings (SSSR count). The minimum atomic E-state index is -3.89. The van der Waals surface area contributed by atoms with Crippen LogP contribution >= 0.6 is 0 Å². The molecule has 0 bridgehead atoms. The summed E-state index contributed by atoms with van der Waals surface area (Å²) in [5, 5.41) is 9.10. The third kappa shape index (κ3) is 10.7. The van der Waals surface area contributed by atoms with Crippen LogP contribution in [0, 0.1) is 17.2 Å². The third-order valence-electron chi connectivity index (χ3n) is 11.6. The van der Waals surface area contributed by atoms with Crippen molar-refractivity contribution in [3.8, 4) is 6.07 Å². The summed E-state index contributed by atoms with van der Waals surface area (Å²) in [6.45, 7) is 24.9. The number of hydrogen-bond acceptors (Lipinski definition) is 6. The van der Waals surface area contributed by atoms with Crippen molar-refractivity contribution in [2.24, 2.45) is 5.92 Å². The zero-order chi connectivity index (χ0) is 37.3. The molecule has 0 amide bonds. The molecule has 0 heterocycles. The van der Waals surface area contributed by atoms with Gasteiger partial charge in [-0.05, 0) is 94.6 Å². The first-order chi connectivity index (χ1) is 22.6. The number of unbranched alkanes of at least 4 members (excludes halogenated alkanes) is 4. The third-order valence-corrected chi connectivity index (χ3v) is 23.2. The number of nitrogens with zero attached hydrogens (tertiary/aromatic N) is 2. The predicted molar refractivity (Wildman–Crippen MR) is 213 cm³/mol. The molecule has 278 valence electrons. The van der Waals surface area contributed by atoms with Gasteiger partial charge in [-0.3, -0.25) is 0 Å². The molecule has 1 aliphatic rings. The lowest BCUT2D eigenvalue weighted by atomic mass is 9.86. The van der Waals surface area contributed by atoms with Crippen LogP contribution in [0.25, 0.3) is 0 Å². The molecule has 0 aliphatic heterocycles. The fraction of sp³-hybridized carbons (Fsp3) is 0.725. The SMILES string of the molecule is CCCCC[C@@H](/C=C/[C@H]1[C@H](O[Si](C)(C)C(C)(C)C)C[C@H](N(C)C)[C@@]1(C/C=C\CCCC#N)S(=O)(=O)c1ccccc1)O[Si](C)(C)C(C)(C)C. The second kappa shape index (κ2) is 17.8. The van der Waals surface area contributed by atoms with E-state index in [1.54, 1.807) is 12.1 Å². The number of nitriles is 1. The number of rotatable bonds is 18. The summed E-state index contributed by atoms with van der Waals surface area (Å²) in [5.74, 6) is -0.403. The second-order valence-electron chi connectivity index (χ2n) is 17.5. The van der Waals surface area contributed by atoms with Gasteiger partial charge in [0.15, 0.2) is 26.5 Å². The van der Waals surface area contributed by atoms with Gasteiger partial charge < -0.3 is 13.8 Å². The van der Waals surface area contributed by atoms with E-state index in [9.17, 15) is 0 Å². The Morgan fingerprint density at radius 2 is 1.59 bits per heavy atom. The number of allylic oxidation sites excluding steroid dienone is 2. The minimum absolute atomic E-state index is 0.0345. The van der Waals surface area contributed by atoms with Crippen molar-refractivity contribution < 1.29 is 17.3 Å². The van der Waals surface area contributed by atoms with Crippen LogP contribution in [0.2, 0.25) is 36.3 Å². The molecule has 1 saturated carbocycles. The summed E-state index contributed by atoms with van der Waals surface area (Å²) >= 11 is 0. The first-order valence-corrected chi connectivity index (χ1v) is 25.9. The van der Waals surface area contributed by atoms with Gasteiger partial charge in [0, 0.05) is 18.4 Å². The molecule has 0 N–H and O–H groups in total. The van der Waals surface area contributed by atoms with Crippen molar-refractivity contribution >= 4 is 26.5 Å². The van der Waals surface area contributed by atoms with E-state index in [1.807, 2.05) is 32.3 Å². The molecule has 49 heavy (non-hydrogen) atoms. The molecule has 9 heteroatoms. The maximum atomic E-state index is 15.4. The van der Waals surface area contributed by atoms with Gasteiger partial charge in [-0.1, -0.05) is 110 Å². The van der Waals surface area contributed by atoms with Gasteiger partial charge in [0.25, 0.3) is 0 Å². The highest BCUT2D eigenvalue weighted by Gasteiger charge is 2.63. The summed E-state index contributed by atoms with van der Waals surface area (Å²) in [5.41, 5.74) is 0. The Hall–Kier alpha value is -1.55. The first-order valence-electron chi connectivity index (χ1n) is 18.6. The smallest absolute Gasteiger partial charge is 0.192 e. The van der Waals surface area contributed by atoms with E-state index in [2.05, 4.69) is 110 Å². The van der Waals surface area contributed by atoms with Crippen molar-refractivity contribution in [2.75, 3.05) is 14.1 Å². The van der Waals surface area contributed by atoms with Gasteiger partial charge in [0.2, 0.25) is 0 Å². The lowest BCUT2D eigenvalue weighted by Crippen LogP contribution is -2.55. The van der Waals surface area contributed by atoms with E-state index in [4.69, 9.17) is 14.1 Å². The van der Waals surface area contributed by atoms with Crippen LogP contribution in [0.5, 0.6) is 0 Å². The predicted octanol–water partition coefficient (Wildman–Crippen LogP) is 10.7. The number of hydrogen-bond donors (Lipinski definition) is 0. The Bertz CT molecular complexity index is 1370. The van der Waals surface area contributed by atoms with Gasteiger partial charge in [-0.25, -0.2) is 8.42 Å². The summed E-state index contributed by atoms with van der Waals surface area (Å²) < 4.78 is 43.9. The van der Waals surface area contributed by atoms with E-state index in [-0.39, 0.29) is 28.3 Å². The van der Waals surface area contributed by atoms with Crippen molar-refractivity contribution in [1.82, 2.24) is 4.90 Å².